The smallest absolute Gasteiger partial charge is 0.151 e. The van der Waals surface area contributed by atoms with Crippen LogP contribution in [0.15, 0.2) is 57.8 Å². The van der Waals surface area contributed by atoms with Crippen molar-refractivity contribution >= 4 is 0 Å². The van der Waals surface area contributed by atoms with Gasteiger partial charge in [-0.2, -0.15) is 0 Å². The van der Waals surface area contributed by atoms with Crippen molar-refractivity contribution < 1.29 is 8.94 Å². The van der Waals surface area contributed by atoms with Crippen LogP contribution in [0.25, 0.3) is 11.4 Å². The van der Waals surface area contributed by atoms with Gasteiger partial charge in [-0.15, -0.1) is 0 Å². The molecule has 1 aliphatic heterocycles. The SMILES string of the molecule is c1ccc(-c2cc(CN3CCCCC[C@@H]3c3ccco3)on2)nc1. The monoisotopic (exact) mass is 323 g/mol. The van der Waals surface area contributed by atoms with Crippen LogP contribution in [0.4, 0.5) is 0 Å². The van der Waals surface area contributed by atoms with Gasteiger partial charge in [0.25, 0.3) is 0 Å². The lowest BCUT2D eigenvalue weighted by atomic mass is 10.1. The van der Waals surface area contributed by atoms with E-state index in [1.54, 1.807) is 12.5 Å². The summed E-state index contributed by atoms with van der Waals surface area (Å²) < 4.78 is 11.2. The van der Waals surface area contributed by atoms with Crippen LogP contribution in [0.2, 0.25) is 0 Å². The van der Waals surface area contributed by atoms with E-state index in [2.05, 4.69) is 21.1 Å². The quantitative estimate of drug-likeness (QED) is 0.710. The van der Waals surface area contributed by atoms with Crippen molar-refractivity contribution in [1.82, 2.24) is 15.0 Å². The number of rotatable bonds is 4. The summed E-state index contributed by atoms with van der Waals surface area (Å²) in [6.45, 7) is 1.79. The number of aromatic nitrogens is 2. The lowest BCUT2D eigenvalue weighted by Gasteiger charge is -2.27. The summed E-state index contributed by atoms with van der Waals surface area (Å²) in [5.41, 5.74) is 1.63. The molecule has 5 heteroatoms. The Kier molecular flexibility index (Phi) is 4.42. The third kappa shape index (κ3) is 3.26. The fraction of sp³-hybridized carbons (Fsp3) is 0.368. The van der Waals surface area contributed by atoms with Crippen LogP contribution in [-0.4, -0.2) is 21.6 Å². The molecule has 1 atom stereocenters. The molecule has 4 rings (SSSR count). The molecule has 4 heterocycles. The first kappa shape index (κ1) is 15.1. The first-order valence-electron chi connectivity index (χ1n) is 8.54. The number of furan rings is 1. The van der Waals surface area contributed by atoms with Gasteiger partial charge in [0.1, 0.15) is 11.5 Å². The van der Waals surface area contributed by atoms with Crippen LogP contribution in [0.5, 0.6) is 0 Å². The van der Waals surface area contributed by atoms with Crippen LogP contribution in [0.1, 0.15) is 43.2 Å². The molecule has 1 saturated heterocycles. The second kappa shape index (κ2) is 7.01. The third-order valence-corrected chi connectivity index (χ3v) is 4.58. The van der Waals surface area contributed by atoms with Crippen molar-refractivity contribution in [3.63, 3.8) is 0 Å². The summed E-state index contributed by atoms with van der Waals surface area (Å²) in [5.74, 6) is 1.91. The molecule has 1 fully saturated rings. The summed E-state index contributed by atoms with van der Waals surface area (Å²) in [5, 5.41) is 4.18. The predicted octanol–water partition coefficient (Wildman–Crippen LogP) is 4.45. The van der Waals surface area contributed by atoms with E-state index >= 15 is 0 Å². The van der Waals surface area contributed by atoms with Gasteiger partial charge in [0.2, 0.25) is 0 Å². The molecular weight excluding hydrogens is 302 g/mol. The van der Waals surface area contributed by atoms with Gasteiger partial charge in [0, 0.05) is 12.3 Å². The molecule has 0 saturated carbocycles. The van der Waals surface area contributed by atoms with E-state index in [1.807, 2.05) is 30.3 Å². The number of likely N-dealkylation sites (tertiary alicyclic amines) is 1. The molecule has 0 aromatic carbocycles. The van der Waals surface area contributed by atoms with Crippen LogP contribution in [-0.2, 0) is 6.54 Å². The van der Waals surface area contributed by atoms with Gasteiger partial charge in [0.15, 0.2) is 5.76 Å². The summed E-state index contributed by atoms with van der Waals surface area (Å²) in [6.07, 6.45) is 8.35. The largest absolute Gasteiger partial charge is 0.468 e. The van der Waals surface area contributed by atoms with Crippen LogP contribution in [0, 0.1) is 0 Å². The maximum absolute atomic E-state index is 5.67. The molecular formula is C19H21N3O2. The minimum Gasteiger partial charge on any atom is -0.468 e. The standard InChI is InChI=1S/C19H21N3O2/c1-2-8-18(19-9-6-12-23-19)22(11-5-1)14-15-13-17(21-24-15)16-7-3-4-10-20-16/h3-4,6-7,9-10,12-13,18H,1-2,5,8,11,14H2/t18-/m1/s1. The highest BCUT2D eigenvalue weighted by atomic mass is 16.5. The van der Waals surface area contributed by atoms with E-state index in [0.29, 0.717) is 6.04 Å². The third-order valence-electron chi connectivity index (χ3n) is 4.58. The Hall–Kier alpha value is -2.40. The Morgan fingerprint density at radius 1 is 1.08 bits per heavy atom. The van der Waals surface area contributed by atoms with Gasteiger partial charge in [0.05, 0.1) is 24.5 Å². The Morgan fingerprint density at radius 2 is 2.08 bits per heavy atom. The summed E-state index contributed by atoms with van der Waals surface area (Å²) in [4.78, 5) is 6.77. The van der Waals surface area contributed by atoms with Gasteiger partial charge in [-0.25, -0.2) is 0 Å². The van der Waals surface area contributed by atoms with Crippen molar-refractivity contribution in [2.24, 2.45) is 0 Å². The van der Waals surface area contributed by atoms with Crippen LogP contribution in [0.3, 0.4) is 0 Å². The average Bonchev–Trinajstić information content (AvgIpc) is 3.26. The fourth-order valence-corrected chi connectivity index (χ4v) is 3.38. The highest BCUT2D eigenvalue weighted by molar-refractivity contribution is 5.52. The molecule has 0 amide bonds. The molecule has 5 nitrogen and oxygen atoms in total. The lowest BCUT2D eigenvalue weighted by Crippen LogP contribution is -2.27. The number of hydrogen-bond acceptors (Lipinski definition) is 5. The Bertz CT molecular complexity index is 752. The van der Waals surface area contributed by atoms with Crippen molar-refractivity contribution in [2.75, 3.05) is 6.54 Å². The van der Waals surface area contributed by atoms with Gasteiger partial charge >= 0.3 is 0 Å². The topological polar surface area (TPSA) is 55.3 Å². The Labute approximate surface area is 141 Å². The highest BCUT2D eigenvalue weighted by Gasteiger charge is 2.26. The van der Waals surface area contributed by atoms with Crippen molar-refractivity contribution in [2.45, 2.75) is 38.3 Å². The summed E-state index contributed by atoms with van der Waals surface area (Å²) >= 11 is 0. The zero-order valence-electron chi connectivity index (χ0n) is 13.6. The van der Waals surface area contributed by atoms with E-state index in [1.165, 1.54) is 19.3 Å². The van der Waals surface area contributed by atoms with E-state index in [0.717, 1.165) is 42.4 Å². The van der Waals surface area contributed by atoms with Crippen LogP contribution < -0.4 is 0 Å². The zero-order valence-corrected chi connectivity index (χ0v) is 13.6. The average molecular weight is 323 g/mol. The van der Waals surface area contributed by atoms with Crippen molar-refractivity contribution in [3.05, 3.63) is 60.4 Å². The predicted molar refractivity (Wildman–Crippen MR) is 90.1 cm³/mol. The second-order valence-electron chi connectivity index (χ2n) is 6.24. The molecule has 0 unspecified atom stereocenters. The zero-order chi connectivity index (χ0) is 16.2. The molecule has 0 spiro atoms. The second-order valence-corrected chi connectivity index (χ2v) is 6.24. The van der Waals surface area contributed by atoms with Gasteiger partial charge in [-0.1, -0.05) is 24.1 Å². The van der Waals surface area contributed by atoms with E-state index in [9.17, 15) is 0 Å². The Balaban J connectivity index is 1.53. The van der Waals surface area contributed by atoms with Gasteiger partial charge in [-0.05, 0) is 43.7 Å². The maximum atomic E-state index is 5.67. The normalized spacial score (nSPS) is 19.2. The fourth-order valence-electron chi connectivity index (χ4n) is 3.38. The van der Waals surface area contributed by atoms with E-state index in [4.69, 9.17) is 8.94 Å². The molecule has 0 N–H and O–H groups in total. The minimum atomic E-state index is 0.311. The Morgan fingerprint density at radius 3 is 2.92 bits per heavy atom. The molecule has 3 aromatic rings. The number of pyridine rings is 1. The number of nitrogens with zero attached hydrogens (tertiary/aromatic N) is 3. The van der Waals surface area contributed by atoms with E-state index in [-0.39, 0.29) is 0 Å². The molecule has 124 valence electrons. The lowest BCUT2D eigenvalue weighted by molar-refractivity contribution is 0.152. The molecule has 0 bridgehead atoms. The molecule has 0 aliphatic carbocycles. The summed E-state index contributed by atoms with van der Waals surface area (Å²) in [7, 11) is 0. The highest BCUT2D eigenvalue weighted by Crippen LogP contribution is 2.32. The molecule has 3 aromatic heterocycles. The molecule has 1 aliphatic rings. The van der Waals surface area contributed by atoms with Crippen molar-refractivity contribution in [3.8, 4) is 11.4 Å². The van der Waals surface area contributed by atoms with Gasteiger partial charge in [-0.3, -0.25) is 9.88 Å². The van der Waals surface area contributed by atoms with Crippen molar-refractivity contribution in [1.29, 1.82) is 0 Å². The number of hydrogen-bond donors (Lipinski definition) is 0. The minimum absolute atomic E-state index is 0.311. The summed E-state index contributed by atoms with van der Waals surface area (Å²) in [6, 6.07) is 12.1. The molecule has 24 heavy (non-hydrogen) atoms. The first-order chi connectivity index (χ1) is 11.9. The van der Waals surface area contributed by atoms with E-state index < -0.39 is 0 Å². The maximum Gasteiger partial charge on any atom is 0.151 e. The molecule has 0 radical (unpaired) electrons. The van der Waals surface area contributed by atoms with Gasteiger partial charge < -0.3 is 8.94 Å². The first-order valence-corrected chi connectivity index (χ1v) is 8.54. The van der Waals surface area contributed by atoms with Crippen LogP contribution >= 0.6 is 0 Å².